The van der Waals surface area contributed by atoms with Crippen LogP contribution in [-0.4, -0.2) is 37.9 Å². The number of hydrogen-bond acceptors (Lipinski definition) is 5. The molecule has 0 aromatic carbocycles. The highest BCUT2D eigenvalue weighted by Crippen LogP contribution is 2.13. The fourth-order valence-electron chi connectivity index (χ4n) is 6.50. The number of carbonyl (C=O) groups excluding carboxylic acids is 2. The lowest BCUT2D eigenvalue weighted by molar-refractivity contribution is -0.163. The Hall–Kier alpha value is -1.62. The van der Waals surface area contributed by atoms with E-state index in [1.165, 1.54) is 154 Å². The van der Waals surface area contributed by atoms with Crippen molar-refractivity contribution in [3.8, 4) is 0 Å². The van der Waals surface area contributed by atoms with E-state index in [2.05, 4.69) is 45.1 Å². The topological polar surface area (TPSA) is 61.8 Å². The summed E-state index contributed by atoms with van der Waals surface area (Å²) in [6, 6.07) is 0. The summed E-state index contributed by atoms with van der Waals surface area (Å²) in [6.45, 7) is 7.77. The van der Waals surface area contributed by atoms with Crippen molar-refractivity contribution in [3.63, 3.8) is 0 Å². The van der Waals surface area contributed by atoms with Crippen molar-refractivity contribution >= 4 is 11.9 Å². The van der Waals surface area contributed by atoms with Crippen molar-refractivity contribution in [1.29, 1.82) is 0 Å². The third-order valence-corrected chi connectivity index (χ3v) is 9.96. The van der Waals surface area contributed by atoms with Crippen LogP contribution in [0.3, 0.4) is 0 Å². The molecule has 1 atom stereocenters. The van der Waals surface area contributed by atoms with E-state index < -0.39 is 6.10 Å². The van der Waals surface area contributed by atoms with Crippen molar-refractivity contribution in [2.45, 2.75) is 245 Å². The molecule has 0 aliphatic heterocycles. The smallest absolute Gasteiger partial charge is 0.306 e. The number of ether oxygens (including phenoxy) is 3. The minimum Gasteiger partial charge on any atom is -0.462 e. The van der Waals surface area contributed by atoms with Crippen LogP contribution in [0.5, 0.6) is 0 Å². The second-order valence-electron chi connectivity index (χ2n) is 15.3. The van der Waals surface area contributed by atoms with Gasteiger partial charge >= 0.3 is 11.9 Å². The van der Waals surface area contributed by atoms with Gasteiger partial charge in [0.2, 0.25) is 0 Å². The van der Waals surface area contributed by atoms with Gasteiger partial charge in [-0.25, -0.2) is 0 Å². The molecule has 0 aromatic rings. The zero-order valence-electron chi connectivity index (χ0n) is 35.1. The summed E-state index contributed by atoms with van der Waals surface area (Å²) in [5, 5.41) is 0. The van der Waals surface area contributed by atoms with Gasteiger partial charge in [-0.05, 0) is 70.6 Å². The van der Waals surface area contributed by atoms with Gasteiger partial charge in [-0.15, -0.1) is 0 Å². The SMILES string of the molecule is CCCCCC/C=C\CCCCCCCC(=O)OCC(COCCCCCCCC/C=C\CCCCCCCC)OC(=O)CCCCCCCCC. The standard InChI is InChI=1S/C47H88O5/c1-4-7-10-13-16-18-20-22-23-24-26-28-30-33-36-39-42-50-43-45(52-47(49)41-38-35-31-15-12-9-6-3)44-51-46(48)40-37-34-32-29-27-25-21-19-17-14-11-8-5-2/h19,21-23,45H,4-18,20,24-44H2,1-3H3/b21-19-,23-22-. The number of esters is 2. The zero-order valence-corrected chi connectivity index (χ0v) is 35.1. The highest BCUT2D eigenvalue weighted by atomic mass is 16.6. The number of carbonyl (C=O) groups is 2. The van der Waals surface area contributed by atoms with E-state index in [0.717, 1.165) is 51.4 Å². The number of hydrogen-bond donors (Lipinski definition) is 0. The highest BCUT2D eigenvalue weighted by Gasteiger charge is 2.17. The lowest BCUT2D eigenvalue weighted by Crippen LogP contribution is -2.30. The molecule has 0 N–H and O–H groups in total. The Morgan fingerprint density at radius 3 is 1.19 bits per heavy atom. The van der Waals surface area contributed by atoms with E-state index in [9.17, 15) is 9.59 Å². The summed E-state index contributed by atoms with van der Waals surface area (Å²) < 4.78 is 17.2. The quantitative estimate of drug-likeness (QED) is 0.0355. The molecule has 0 aliphatic carbocycles. The Kier molecular flexibility index (Phi) is 42.4. The van der Waals surface area contributed by atoms with Gasteiger partial charge in [0, 0.05) is 19.4 Å². The second-order valence-corrected chi connectivity index (χ2v) is 15.3. The molecule has 0 saturated carbocycles. The predicted molar refractivity (Wildman–Crippen MR) is 224 cm³/mol. The number of allylic oxidation sites excluding steroid dienone is 4. The average molecular weight is 733 g/mol. The Bertz CT molecular complexity index is 791. The van der Waals surface area contributed by atoms with Crippen LogP contribution in [0.4, 0.5) is 0 Å². The normalized spacial score (nSPS) is 12.3. The van der Waals surface area contributed by atoms with Crippen LogP contribution in [0.25, 0.3) is 0 Å². The fraction of sp³-hybridized carbons (Fsp3) is 0.872. The maximum atomic E-state index is 12.6. The van der Waals surface area contributed by atoms with Crippen LogP contribution in [0.15, 0.2) is 24.3 Å². The molecule has 52 heavy (non-hydrogen) atoms. The van der Waals surface area contributed by atoms with Gasteiger partial charge in [-0.3, -0.25) is 9.59 Å². The minimum absolute atomic E-state index is 0.0831. The summed E-state index contributed by atoms with van der Waals surface area (Å²) in [5.41, 5.74) is 0. The predicted octanol–water partition coefficient (Wildman–Crippen LogP) is 14.9. The molecule has 0 radical (unpaired) electrons. The molecule has 306 valence electrons. The van der Waals surface area contributed by atoms with Gasteiger partial charge in [0.15, 0.2) is 6.10 Å². The summed E-state index contributed by atoms with van der Waals surface area (Å²) in [5.74, 6) is -0.408. The number of unbranched alkanes of at least 4 members (excludes halogenated alkanes) is 27. The summed E-state index contributed by atoms with van der Waals surface area (Å²) in [7, 11) is 0. The second kappa shape index (κ2) is 43.8. The van der Waals surface area contributed by atoms with Crippen molar-refractivity contribution in [3.05, 3.63) is 24.3 Å². The molecule has 5 nitrogen and oxygen atoms in total. The lowest BCUT2D eigenvalue weighted by atomic mass is 10.1. The van der Waals surface area contributed by atoms with Gasteiger partial charge in [-0.2, -0.15) is 0 Å². The van der Waals surface area contributed by atoms with E-state index in [1.54, 1.807) is 0 Å². The molecule has 0 fully saturated rings. The van der Waals surface area contributed by atoms with Crippen molar-refractivity contribution in [2.75, 3.05) is 19.8 Å². The maximum absolute atomic E-state index is 12.6. The first kappa shape index (κ1) is 50.4. The molecule has 0 aromatic heterocycles. The van der Waals surface area contributed by atoms with Gasteiger partial charge in [-0.1, -0.05) is 180 Å². The Balaban J connectivity index is 4.15. The molecule has 0 rings (SSSR count). The first-order valence-corrected chi connectivity index (χ1v) is 22.9. The largest absolute Gasteiger partial charge is 0.462 e. The molecule has 1 unspecified atom stereocenters. The van der Waals surface area contributed by atoms with Gasteiger partial charge in [0.25, 0.3) is 0 Å². The molecule has 0 saturated heterocycles. The van der Waals surface area contributed by atoms with Crippen molar-refractivity contribution in [2.24, 2.45) is 0 Å². The van der Waals surface area contributed by atoms with Crippen LogP contribution in [0.1, 0.15) is 239 Å². The maximum Gasteiger partial charge on any atom is 0.306 e. The minimum atomic E-state index is -0.533. The van der Waals surface area contributed by atoms with Crippen molar-refractivity contribution in [1.82, 2.24) is 0 Å². The number of rotatable bonds is 42. The van der Waals surface area contributed by atoms with Gasteiger partial charge in [0.1, 0.15) is 6.61 Å². The third-order valence-electron chi connectivity index (χ3n) is 9.96. The Morgan fingerprint density at radius 1 is 0.404 bits per heavy atom. The van der Waals surface area contributed by atoms with Crippen LogP contribution in [-0.2, 0) is 23.8 Å². The average Bonchev–Trinajstić information content (AvgIpc) is 3.14. The molecular formula is C47H88O5. The molecule has 0 amide bonds. The van der Waals surface area contributed by atoms with E-state index >= 15 is 0 Å². The van der Waals surface area contributed by atoms with Gasteiger partial charge in [0.05, 0.1) is 6.61 Å². The van der Waals surface area contributed by atoms with E-state index in [-0.39, 0.29) is 25.2 Å². The lowest BCUT2D eigenvalue weighted by Gasteiger charge is -2.18. The molecule has 0 heterocycles. The monoisotopic (exact) mass is 733 g/mol. The zero-order chi connectivity index (χ0) is 37.8. The molecule has 0 bridgehead atoms. The van der Waals surface area contributed by atoms with Crippen LogP contribution in [0.2, 0.25) is 0 Å². The van der Waals surface area contributed by atoms with Crippen LogP contribution < -0.4 is 0 Å². The van der Waals surface area contributed by atoms with Crippen molar-refractivity contribution < 1.29 is 23.8 Å². The Morgan fingerprint density at radius 2 is 0.750 bits per heavy atom. The van der Waals surface area contributed by atoms with Crippen LogP contribution >= 0.6 is 0 Å². The highest BCUT2D eigenvalue weighted by molar-refractivity contribution is 5.70. The first-order valence-electron chi connectivity index (χ1n) is 22.9. The first-order chi connectivity index (χ1) is 25.6. The van der Waals surface area contributed by atoms with E-state index in [0.29, 0.717) is 19.4 Å². The summed E-state index contributed by atoms with van der Waals surface area (Å²) in [6.07, 6.45) is 49.0. The van der Waals surface area contributed by atoms with E-state index in [1.807, 2.05) is 0 Å². The fourth-order valence-corrected chi connectivity index (χ4v) is 6.50. The summed E-state index contributed by atoms with van der Waals surface area (Å²) >= 11 is 0. The van der Waals surface area contributed by atoms with Crippen LogP contribution in [0, 0.1) is 0 Å². The van der Waals surface area contributed by atoms with E-state index in [4.69, 9.17) is 14.2 Å². The molecule has 0 aliphatic rings. The molecule has 0 spiro atoms. The molecular weight excluding hydrogens is 645 g/mol. The van der Waals surface area contributed by atoms with Gasteiger partial charge < -0.3 is 14.2 Å². The Labute approximate surface area is 324 Å². The third kappa shape index (κ3) is 41.1. The molecule has 5 heteroatoms. The summed E-state index contributed by atoms with van der Waals surface area (Å²) in [4.78, 5) is 25.1.